The number of aliphatic imine (C=N–C) groups is 1. The second kappa shape index (κ2) is 10.6. The van der Waals surface area contributed by atoms with E-state index in [0.29, 0.717) is 12.1 Å². The number of hydrogen-bond donors (Lipinski definition) is 2. The van der Waals surface area contributed by atoms with Crippen LogP contribution in [0.1, 0.15) is 43.0 Å². The van der Waals surface area contributed by atoms with Crippen LogP contribution in [-0.2, 0) is 14.9 Å². The summed E-state index contributed by atoms with van der Waals surface area (Å²) in [5.41, 5.74) is 11.2. The lowest BCUT2D eigenvalue weighted by Crippen LogP contribution is -2.35. The van der Waals surface area contributed by atoms with E-state index in [-0.39, 0.29) is 35.4 Å². The average molecular weight is 434 g/mol. The van der Waals surface area contributed by atoms with E-state index in [0.717, 1.165) is 36.8 Å². The molecule has 0 aromatic heterocycles. The molecule has 1 aromatic rings. The van der Waals surface area contributed by atoms with Crippen LogP contribution in [0, 0.1) is 0 Å². The monoisotopic (exact) mass is 433 g/mol. The first-order valence-corrected chi connectivity index (χ1v) is 10.3. The molecule has 9 nitrogen and oxygen atoms in total. The maximum Gasteiger partial charge on any atom is 0.280 e. The van der Waals surface area contributed by atoms with Gasteiger partial charge in [-0.25, -0.2) is 8.42 Å². The molecule has 0 radical (unpaired) electrons. The zero-order valence-electron chi connectivity index (χ0n) is 16.1. The predicted octanol–water partition coefficient (Wildman–Crippen LogP) is 1.47. The molecule has 28 heavy (non-hydrogen) atoms. The molecule has 0 spiro atoms. The molecule has 0 atom stereocenters. The van der Waals surface area contributed by atoms with Crippen molar-refractivity contribution in [2.75, 3.05) is 31.6 Å². The number of rotatable bonds is 7. The Morgan fingerprint density at radius 2 is 1.89 bits per heavy atom. The third-order valence-corrected chi connectivity index (χ3v) is 6.04. The lowest BCUT2D eigenvalue weighted by Gasteiger charge is -2.31. The predicted molar refractivity (Wildman–Crippen MR) is 111 cm³/mol. The summed E-state index contributed by atoms with van der Waals surface area (Å²) in [4.78, 5) is 22.8. The first-order valence-electron chi connectivity index (χ1n) is 8.91. The van der Waals surface area contributed by atoms with Gasteiger partial charge in [0.2, 0.25) is 0 Å². The number of sulfonamides is 1. The zero-order chi connectivity index (χ0) is 20.0. The quantitative estimate of drug-likeness (QED) is 0.378. The Labute approximate surface area is 172 Å². The van der Waals surface area contributed by atoms with Gasteiger partial charge in [0, 0.05) is 25.2 Å². The van der Waals surface area contributed by atoms with Gasteiger partial charge < -0.3 is 16.4 Å². The van der Waals surface area contributed by atoms with E-state index in [2.05, 4.69) is 4.99 Å². The van der Waals surface area contributed by atoms with Gasteiger partial charge in [-0.05, 0) is 43.9 Å². The summed E-state index contributed by atoms with van der Waals surface area (Å²) in [5.74, 6) is -1.08. The zero-order valence-corrected chi connectivity index (χ0v) is 17.8. The fourth-order valence-corrected chi connectivity index (χ4v) is 4.61. The summed E-state index contributed by atoms with van der Waals surface area (Å²) in [6.45, 7) is 3.56. The molecule has 11 heteroatoms. The number of halogens is 1. The van der Waals surface area contributed by atoms with Gasteiger partial charge in [0.05, 0.1) is 12.8 Å². The highest BCUT2D eigenvalue weighted by atomic mass is 35.5. The Kier molecular flexibility index (Phi) is 9.15. The Balaban J connectivity index is 0.00000392. The second-order valence-electron chi connectivity index (χ2n) is 6.29. The van der Waals surface area contributed by atoms with Gasteiger partial charge in [0.25, 0.3) is 15.9 Å². The normalized spacial score (nSPS) is 14.5. The van der Waals surface area contributed by atoms with Crippen LogP contribution < -0.4 is 16.4 Å². The minimum Gasteiger partial charge on any atom is -0.370 e. The molecule has 0 saturated carbocycles. The van der Waals surface area contributed by atoms with Gasteiger partial charge in [0.15, 0.2) is 5.96 Å². The highest BCUT2D eigenvalue weighted by molar-refractivity contribution is 7.89. The second-order valence-corrected chi connectivity index (χ2v) is 8.08. The van der Waals surface area contributed by atoms with Gasteiger partial charge in [-0.3, -0.25) is 9.63 Å². The number of hydrogen-bond acceptors (Lipinski definition) is 5. The molecule has 0 bridgehead atoms. The number of nitrogens with two attached hydrogens (primary N) is 2. The van der Waals surface area contributed by atoms with Crippen molar-refractivity contribution in [3.05, 3.63) is 23.8 Å². The van der Waals surface area contributed by atoms with Crippen LogP contribution in [0.25, 0.3) is 0 Å². The third kappa shape index (κ3) is 5.57. The minimum atomic E-state index is -3.97. The van der Waals surface area contributed by atoms with E-state index in [1.165, 1.54) is 19.2 Å². The van der Waals surface area contributed by atoms with E-state index in [1.54, 1.807) is 6.07 Å². The van der Waals surface area contributed by atoms with Crippen LogP contribution in [0.4, 0.5) is 5.69 Å². The molecule has 1 aliphatic rings. The lowest BCUT2D eigenvalue weighted by molar-refractivity contribution is -0.0482. The summed E-state index contributed by atoms with van der Waals surface area (Å²) in [6.07, 6.45) is 3.66. The van der Waals surface area contributed by atoms with Crippen molar-refractivity contribution in [3.8, 4) is 0 Å². The number of hydroxylamine groups is 1. The first-order chi connectivity index (χ1) is 12.8. The van der Waals surface area contributed by atoms with Gasteiger partial charge in [-0.15, -0.1) is 12.4 Å². The Morgan fingerprint density at radius 3 is 2.43 bits per heavy atom. The topological polar surface area (TPSA) is 131 Å². The Morgan fingerprint density at radius 1 is 1.25 bits per heavy atom. The lowest BCUT2D eigenvalue weighted by atomic mass is 10.1. The number of piperidine rings is 1. The van der Waals surface area contributed by atoms with Crippen LogP contribution in [0.5, 0.6) is 0 Å². The van der Waals surface area contributed by atoms with Crippen molar-refractivity contribution in [1.82, 2.24) is 4.47 Å². The highest BCUT2D eigenvalue weighted by Crippen LogP contribution is 2.31. The molecule has 0 aliphatic carbocycles. The smallest absolute Gasteiger partial charge is 0.280 e. The van der Waals surface area contributed by atoms with Gasteiger partial charge in [0.1, 0.15) is 4.90 Å². The SMILES string of the molecule is CCCN(OC)S(=O)(=O)c1cc(C(=O)N=C(N)N)ccc1N1CCCCC1.Cl. The molecule has 0 unspecified atom stereocenters. The number of benzene rings is 1. The summed E-state index contributed by atoms with van der Waals surface area (Å²) in [5, 5.41) is 0. The molecule has 2 rings (SSSR count). The molecule has 158 valence electrons. The fourth-order valence-electron chi connectivity index (χ4n) is 3.03. The molecule has 1 aromatic carbocycles. The van der Waals surface area contributed by atoms with Crippen LogP contribution >= 0.6 is 12.4 Å². The molecule has 1 aliphatic heterocycles. The van der Waals surface area contributed by atoms with Crippen molar-refractivity contribution < 1.29 is 18.0 Å². The first kappa shape index (κ1) is 24.2. The van der Waals surface area contributed by atoms with Crippen LogP contribution in [0.2, 0.25) is 0 Å². The van der Waals surface area contributed by atoms with E-state index in [9.17, 15) is 13.2 Å². The maximum atomic E-state index is 13.2. The average Bonchev–Trinajstić information content (AvgIpc) is 2.65. The molecule has 1 heterocycles. The van der Waals surface area contributed by atoms with E-state index in [1.807, 2.05) is 11.8 Å². The number of anilines is 1. The molecule has 1 saturated heterocycles. The van der Waals surface area contributed by atoms with E-state index >= 15 is 0 Å². The van der Waals surface area contributed by atoms with Crippen molar-refractivity contribution in [2.45, 2.75) is 37.5 Å². The van der Waals surface area contributed by atoms with Crippen molar-refractivity contribution >= 4 is 40.0 Å². The standard InChI is InChI=1S/C17H27N5O4S.ClH/c1-3-9-22(26-2)27(24,25)15-12-13(16(23)20-17(18)19)7-8-14(15)21-10-5-4-6-11-21;/h7-8,12H,3-6,9-11H2,1-2H3,(H4,18,19,20,23);1H. The Hall–Kier alpha value is -1.88. The summed E-state index contributed by atoms with van der Waals surface area (Å²) in [7, 11) is -2.66. The number of carbonyl (C=O) groups excluding carboxylic acids is 1. The highest BCUT2D eigenvalue weighted by Gasteiger charge is 2.30. The summed E-state index contributed by atoms with van der Waals surface area (Å²) >= 11 is 0. The van der Waals surface area contributed by atoms with E-state index in [4.69, 9.17) is 16.3 Å². The van der Waals surface area contributed by atoms with Gasteiger partial charge >= 0.3 is 0 Å². The van der Waals surface area contributed by atoms with Crippen molar-refractivity contribution in [3.63, 3.8) is 0 Å². The van der Waals surface area contributed by atoms with Crippen LogP contribution in [-0.4, -0.2) is 51.5 Å². The fraction of sp³-hybridized carbons (Fsp3) is 0.529. The molecular formula is C17H28ClN5O4S. The molecule has 1 amide bonds. The molecule has 4 N–H and O–H groups in total. The van der Waals surface area contributed by atoms with Gasteiger partial charge in [-0.1, -0.05) is 11.4 Å². The van der Waals surface area contributed by atoms with Crippen LogP contribution in [0.15, 0.2) is 28.1 Å². The third-order valence-electron chi connectivity index (χ3n) is 4.29. The van der Waals surface area contributed by atoms with E-state index < -0.39 is 15.9 Å². The minimum absolute atomic E-state index is 0. The van der Waals surface area contributed by atoms with Crippen LogP contribution in [0.3, 0.4) is 0 Å². The largest absolute Gasteiger partial charge is 0.370 e. The summed E-state index contributed by atoms with van der Waals surface area (Å²) in [6, 6.07) is 4.48. The molecular weight excluding hydrogens is 406 g/mol. The number of amides is 1. The van der Waals surface area contributed by atoms with Gasteiger partial charge in [-0.2, -0.15) is 4.99 Å². The summed E-state index contributed by atoms with van der Waals surface area (Å²) < 4.78 is 27.3. The Bertz CT molecular complexity index is 806. The van der Waals surface area contributed by atoms with Crippen molar-refractivity contribution in [1.29, 1.82) is 0 Å². The molecule has 1 fully saturated rings. The number of carbonyl (C=O) groups is 1. The maximum absolute atomic E-state index is 13.2. The van der Waals surface area contributed by atoms with Crippen molar-refractivity contribution in [2.24, 2.45) is 16.5 Å². The number of nitrogens with zero attached hydrogens (tertiary/aromatic N) is 3. The number of guanidine groups is 1.